The van der Waals surface area contributed by atoms with Gasteiger partial charge in [0.05, 0.1) is 11.7 Å². The molecule has 0 saturated heterocycles. The Hall–Kier alpha value is -2.20. The van der Waals surface area contributed by atoms with Crippen LogP contribution in [0, 0.1) is 0 Å². The minimum absolute atomic E-state index is 0.0220. The average molecular weight is 281 g/mol. The molecule has 1 heterocycles. The molecule has 0 radical (unpaired) electrons. The van der Waals surface area contributed by atoms with Crippen LogP contribution in [0.2, 0.25) is 0 Å². The molecule has 1 aliphatic rings. The lowest BCUT2D eigenvalue weighted by atomic mass is 10.1. The predicted octanol–water partition coefficient (Wildman–Crippen LogP) is 2.30. The van der Waals surface area contributed by atoms with E-state index in [1.54, 1.807) is 18.3 Å². The van der Waals surface area contributed by atoms with E-state index in [9.17, 15) is 4.79 Å². The summed E-state index contributed by atoms with van der Waals surface area (Å²) in [6, 6.07) is 12.0. The fourth-order valence-corrected chi connectivity index (χ4v) is 3.00. The fraction of sp³-hybridized carbons (Fsp3) is 0.294. The highest BCUT2D eigenvalue weighted by Crippen LogP contribution is 2.35. The van der Waals surface area contributed by atoms with Gasteiger partial charge in [-0.2, -0.15) is 0 Å². The van der Waals surface area contributed by atoms with Gasteiger partial charge in [-0.15, -0.1) is 0 Å². The second-order valence-corrected chi connectivity index (χ2v) is 5.41. The third-order valence-corrected chi connectivity index (χ3v) is 4.16. The molecule has 108 valence electrons. The summed E-state index contributed by atoms with van der Waals surface area (Å²) in [5.41, 5.74) is 9.59. The zero-order valence-electron chi connectivity index (χ0n) is 12.1. The lowest BCUT2D eigenvalue weighted by molar-refractivity contribution is 0.0730. The first-order chi connectivity index (χ1) is 10.2. The number of aromatic nitrogens is 1. The molecule has 0 bridgehead atoms. The second-order valence-electron chi connectivity index (χ2n) is 5.41. The monoisotopic (exact) mass is 281 g/mol. The standard InChI is InChI=1S/C17H19N3O/c1-20(16-7-6-12-4-2-3-5-15(12)16)17(21)13-8-9-19-14(10-13)11-18/h2-5,8-10,16H,6-7,11,18H2,1H3. The molecule has 1 aromatic carbocycles. The van der Waals surface area contributed by atoms with Gasteiger partial charge in [-0.3, -0.25) is 9.78 Å². The Morgan fingerprint density at radius 2 is 2.19 bits per heavy atom. The normalized spacial score (nSPS) is 16.6. The van der Waals surface area contributed by atoms with E-state index in [-0.39, 0.29) is 11.9 Å². The highest BCUT2D eigenvalue weighted by molar-refractivity contribution is 5.94. The predicted molar refractivity (Wildman–Crippen MR) is 81.7 cm³/mol. The molecule has 0 fully saturated rings. The number of pyridine rings is 1. The van der Waals surface area contributed by atoms with Crippen molar-refractivity contribution in [2.75, 3.05) is 7.05 Å². The van der Waals surface area contributed by atoms with Crippen LogP contribution < -0.4 is 5.73 Å². The Morgan fingerprint density at radius 3 is 3.00 bits per heavy atom. The summed E-state index contributed by atoms with van der Waals surface area (Å²) in [5.74, 6) is 0.0220. The van der Waals surface area contributed by atoms with E-state index in [0.717, 1.165) is 18.5 Å². The number of amides is 1. The van der Waals surface area contributed by atoms with Crippen molar-refractivity contribution >= 4 is 5.91 Å². The van der Waals surface area contributed by atoms with Crippen LogP contribution in [0.4, 0.5) is 0 Å². The van der Waals surface area contributed by atoms with Crippen molar-refractivity contribution in [3.05, 3.63) is 65.0 Å². The van der Waals surface area contributed by atoms with Gasteiger partial charge in [0.2, 0.25) is 0 Å². The Balaban J connectivity index is 1.85. The molecule has 1 amide bonds. The number of hydrogen-bond donors (Lipinski definition) is 1. The van der Waals surface area contributed by atoms with Crippen molar-refractivity contribution in [3.63, 3.8) is 0 Å². The molecule has 2 aromatic rings. The Labute approximate surface area is 124 Å². The minimum Gasteiger partial charge on any atom is -0.335 e. The number of carbonyl (C=O) groups is 1. The van der Waals surface area contributed by atoms with Crippen molar-refractivity contribution < 1.29 is 4.79 Å². The van der Waals surface area contributed by atoms with E-state index < -0.39 is 0 Å². The molecular formula is C17H19N3O. The van der Waals surface area contributed by atoms with Gasteiger partial charge in [0.25, 0.3) is 5.91 Å². The van der Waals surface area contributed by atoms with Crippen LogP contribution in [0.3, 0.4) is 0 Å². The van der Waals surface area contributed by atoms with E-state index in [1.165, 1.54) is 11.1 Å². The van der Waals surface area contributed by atoms with Gasteiger partial charge in [0.15, 0.2) is 0 Å². The van der Waals surface area contributed by atoms with Crippen LogP contribution in [0.5, 0.6) is 0 Å². The van der Waals surface area contributed by atoms with Gasteiger partial charge in [0.1, 0.15) is 0 Å². The molecule has 21 heavy (non-hydrogen) atoms. The lowest BCUT2D eigenvalue weighted by Crippen LogP contribution is -2.30. The smallest absolute Gasteiger partial charge is 0.254 e. The SMILES string of the molecule is CN(C(=O)c1ccnc(CN)c1)C1CCc2ccccc21. The molecule has 0 aliphatic heterocycles. The van der Waals surface area contributed by atoms with Crippen molar-refractivity contribution in [1.82, 2.24) is 9.88 Å². The first kappa shape index (κ1) is 13.8. The minimum atomic E-state index is 0.0220. The summed E-state index contributed by atoms with van der Waals surface area (Å²) in [6.07, 6.45) is 3.66. The van der Waals surface area contributed by atoms with Crippen LogP contribution in [-0.4, -0.2) is 22.8 Å². The second kappa shape index (κ2) is 5.66. The Bertz CT molecular complexity index is 669. The maximum Gasteiger partial charge on any atom is 0.254 e. The molecule has 1 unspecified atom stereocenters. The zero-order valence-corrected chi connectivity index (χ0v) is 12.1. The first-order valence-corrected chi connectivity index (χ1v) is 7.20. The molecule has 4 nitrogen and oxygen atoms in total. The Kier molecular flexibility index (Phi) is 3.71. The van der Waals surface area contributed by atoms with Crippen LogP contribution in [0.15, 0.2) is 42.6 Å². The highest BCUT2D eigenvalue weighted by atomic mass is 16.2. The third kappa shape index (κ3) is 2.54. The summed E-state index contributed by atoms with van der Waals surface area (Å²) >= 11 is 0. The molecule has 0 saturated carbocycles. The van der Waals surface area contributed by atoms with Crippen LogP contribution in [-0.2, 0) is 13.0 Å². The summed E-state index contributed by atoms with van der Waals surface area (Å²) < 4.78 is 0. The van der Waals surface area contributed by atoms with Gasteiger partial charge in [-0.05, 0) is 36.1 Å². The largest absolute Gasteiger partial charge is 0.335 e. The molecule has 0 spiro atoms. The van der Waals surface area contributed by atoms with Crippen molar-refractivity contribution in [2.24, 2.45) is 5.73 Å². The number of benzene rings is 1. The maximum absolute atomic E-state index is 12.7. The van der Waals surface area contributed by atoms with Crippen molar-refractivity contribution in [1.29, 1.82) is 0 Å². The lowest BCUT2D eigenvalue weighted by Gasteiger charge is -2.25. The van der Waals surface area contributed by atoms with E-state index in [1.807, 2.05) is 18.0 Å². The third-order valence-electron chi connectivity index (χ3n) is 4.16. The van der Waals surface area contributed by atoms with Crippen LogP contribution in [0.1, 0.15) is 39.6 Å². The van der Waals surface area contributed by atoms with E-state index in [0.29, 0.717) is 12.1 Å². The number of hydrogen-bond acceptors (Lipinski definition) is 3. The molecule has 1 atom stereocenters. The molecular weight excluding hydrogens is 262 g/mol. The van der Waals surface area contributed by atoms with Gasteiger partial charge < -0.3 is 10.6 Å². The van der Waals surface area contributed by atoms with Gasteiger partial charge in [-0.1, -0.05) is 24.3 Å². The van der Waals surface area contributed by atoms with Gasteiger partial charge in [0, 0.05) is 25.4 Å². The zero-order chi connectivity index (χ0) is 14.8. The average Bonchev–Trinajstić information content (AvgIpc) is 2.97. The molecule has 1 aromatic heterocycles. The quantitative estimate of drug-likeness (QED) is 0.939. The topological polar surface area (TPSA) is 59.2 Å². The highest BCUT2D eigenvalue weighted by Gasteiger charge is 2.28. The van der Waals surface area contributed by atoms with Crippen LogP contribution >= 0.6 is 0 Å². The van der Waals surface area contributed by atoms with Crippen LogP contribution in [0.25, 0.3) is 0 Å². The summed E-state index contributed by atoms with van der Waals surface area (Å²) in [5, 5.41) is 0. The van der Waals surface area contributed by atoms with Crippen molar-refractivity contribution in [2.45, 2.75) is 25.4 Å². The van der Waals surface area contributed by atoms with Gasteiger partial charge >= 0.3 is 0 Å². The van der Waals surface area contributed by atoms with Gasteiger partial charge in [-0.25, -0.2) is 0 Å². The molecule has 4 heteroatoms. The number of aryl methyl sites for hydroxylation is 1. The molecule has 1 aliphatic carbocycles. The first-order valence-electron chi connectivity index (χ1n) is 7.20. The van der Waals surface area contributed by atoms with Crippen molar-refractivity contribution in [3.8, 4) is 0 Å². The molecule has 2 N–H and O–H groups in total. The summed E-state index contributed by atoms with van der Waals surface area (Å²) in [7, 11) is 1.87. The van der Waals surface area contributed by atoms with E-state index in [2.05, 4.69) is 23.2 Å². The molecule has 3 rings (SSSR count). The summed E-state index contributed by atoms with van der Waals surface area (Å²) in [6.45, 7) is 0.344. The number of rotatable bonds is 3. The number of nitrogens with zero attached hydrogens (tertiary/aromatic N) is 2. The Morgan fingerprint density at radius 1 is 1.38 bits per heavy atom. The van der Waals surface area contributed by atoms with E-state index >= 15 is 0 Å². The maximum atomic E-state index is 12.7. The number of nitrogens with two attached hydrogens (primary N) is 1. The summed E-state index contributed by atoms with van der Waals surface area (Å²) in [4.78, 5) is 18.6. The number of carbonyl (C=O) groups excluding carboxylic acids is 1. The van der Waals surface area contributed by atoms with E-state index in [4.69, 9.17) is 5.73 Å². The number of fused-ring (bicyclic) bond motifs is 1. The fourth-order valence-electron chi connectivity index (χ4n) is 3.00.